The summed E-state index contributed by atoms with van der Waals surface area (Å²) in [6.07, 6.45) is 4.85. The maximum Gasteiger partial charge on any atom is 0.333 e. The van der Waals surface area contributed by atoms with E-state index < -0.39 is 12.1 Å². The largest absolute Gasteiger partial charge is 0.478 e. The Morgan fingerprint density at radius 3 is 2.59 bits per heavy atom. The van der Waals surface area contributed by atoms with Crippen molar-refractivity contribution in [1.29, 1.82) is 0 Å². The molecule has 0 radical (unpaired) electrons. The van der Waals surface area contributed by atoms with E-state index in [1.165, 1.54) is 0 Å². The first-order valence-electron chi connectivity index (χ1n) is 6.40. The third kappa shape index (κ3) is 1.81. The number of aliphatic carboxylic acids is 1. The van der Waals surface area contributed by atoms with Gasteiger partial charge in [0.2, 0.25) is 0 Å². The summed E-state index contributed by atoms with van der Waals surface area (Å²) >= 11 is 0. The van der Waals surface area contributed by atoms with E-state index in [9.17, 15) is 9.90 Å². The Bertz CT molecular complexity index is 370. The molecule has 3 heteroatoms. The molecule has 0 aromatic heterocycles. The van der Waals surface area contributed by atoms with Crippen molar-refractivity contribution < 1.29 is 15.0 Å². The van der Waals surface area contributed by atoms with E-state index in [2.05, 4.69) is 20.8 Å². The van der Waals surface area contributed by atoms with Gasteiger partial charge in [0.25, 0.3) is 0 Å². The molecule has 0 amide bonds. The fraction of sp³-hybridized carbons (Fsp3) is 0.786. The van der Waals surface area contributed by atoms with Crippen molar-refractivity contribution in [2.24, 2.45) is 16.7 Å². The van der Waals surface area contributed by atoms with Gasteiger partial charge < -0.3 is 10.2 Å². The van der Waals surface area contributed by atoms with Crippen LogP contribution < -0.4 is 0 Å². The summed E-state index contributed by atoms with van der Waals surface area (Å²) in [6, 6.07) is 0. The highest BCUT2D eigenvalue weighted by molar-refractivity contribution is 5.88. The predicted octanol–water partition coefficient (Wildman–Crippen LogP) is 2.59. The van der Waals surface area contributed by atoms with Crippen LogP contribution in [0, 0.1) is 16.7 Å². The summed E-state index contributed by atoms with van der Waals surface area (Å²) in [4.78, 5) is 11.1. The smallest absolute Gasteiger partial charge is 0.333 e. The van der Waals surface area contributed by atoms with Crippen molar-refractivity contribution in [2.45, 2.75) is 52.6 Å². The van der Waals surface area contributed by atoms with Crippen LogP contribution in [0.3, 0.4) is 0 Å². The molecular weight excluding hydrogens is 216 g/mol. The minimum Gasteiger partial charge on any atom is -0.478 e. The Balaban J connectivity index is 2.40. The number of hydrogen-bond acceptors (Lipinski definition) is 2. The molecule has 1 saturated carbocycles. The zero-order valence-electron chi connectivity index (χ0n) is 10.9. The van der Waals surface area contributed by atoms with Crippen molar-refractivity contribution >= 4 is 5.97 Å². The second-order valence-corrected chi connectivity index (χ2v) is 6.50. The molecular formula is C14H22O3. The first-order chi connectivity index (χ1) is 7.79. The summed E-state index contributed by atoms with van der Waals surface area (Å²) < 4.78 is 0. The maximum atomic E-state index is 11.1. The molecule has 3 atom stereocenters. The summed E-state index contributed by atoms with van der Waals surface area (Å²) in [6.45, 7) is 6.53. The average molecular weight is 238 g/mol. The van der Waals surface area contributed by atoms with Crippen molar-refractivity contribution in [3.63, 3.8) is 0 Å². The van der Waals surface area contributed by atoms with Crippen LogP contribution in [0.15, 0.2) is 11.6 Å². The molecule has 0 heterocycles. The number of carbonyl (C=O) groups is 1. The fourth-order valence-electron chi connectivity index (χ4n) is 4.00. The van der Waals surface area contributed by atoms with Crippen LogP contribution in [-0.2, 0) is 4.79 Å². The van der Waals surface area contributed by atoms with Crippen LogP contribution in [-0.4, -0.2) is 22.3 Å². The zero-order valence-corrected chi connectivity index (χ0v) is 10.9. The molecule has 2 rings (SSSR count). The number of fused-ring (bicyclic) bond motifs is 1. The topological polar surface area (TPSA) is 57.5 Å². The lowest BCUT2D eigenvalue weighted by atomic mass is 9.51. The van der Waals surface area contributed by atoms with Crippen molar-refractivity contribution in [2.75, 3.05) is 0 Å². The predicted molar refractivity (Wildman–Crippen MR) is 65.6 cm³/mol. The first-order valence-corrected chi connectivity index (χ1v) is 6.40. The quantitative estimate of drug-likeness (QED) is 0.738. The lowest BCUT2D eigenvalue weighted by Gasteiger charge is -2.54. The standard InChI is InChI=1S/C14H22O3/c1-13(2)7-4-8-14(3)10(13)6-5-9(11(14)15)12(16)17/h5,10-11,15H,4,6-8H2,1-3H3,(H,16,17). The lowest BCUT2D eigenvalue weighted by Crippen LogP contribution is -2.52. The highest BCUT2D eigenvalue weighted by Crippen LogP contribution is 2.57. The van der Waals surface area contributed by atoms with Crippen LogP contribution >= 0.6 is 0 Å². The van der Waals surface area contributed by atoms with E-state index in [4.69, 9.17) is 5.11 Å². The minimum absolute atomic E-state index is 0.189. The highest BCUT2D eigenvalue weighted by Gasteiger charge is 2.53. The molecule has 0 saturated heterocycles. The van der Waals surface area contributed by atoms with Gasteiger partial charge in [-0.3, -0.25) is 0 Å². The molecule has 1 fully saturated rings. The van der Waals surface area contributed by atoms with E-state index >= 15 is 0 Å². The number of carboxylic acids is 1. The van der Waals surface area contributed by atoms with Gasteiger partial charge in [0.15, 0.2) is 0 Å². The monoisotopic (exact) mass is 238 g/mol. The molecule has 0 aromatic carbocycles. The molecule has 3 nitrogen and oxygen atoms in total. The SMILES string of the molecule is CC1(C)CCCC2(C)C(O)C(C(=O)O)=CCC12. The molecule has 96 valence electrons. The Labute approximate surface area is 103 Å². The van der Waals surface area contributed by atoms with E-state index in [1.54, 1.807) is 6.08 Å². The van der Waals surface area contributed by atoms with Gasteiger partial charge in [0.05, 0.1) is 11.7 Å². The van der Waals surface area contributed by atoms with Gasteiger partial charge >= 0.3 is 5.97 Å². The maximum absolute atomic E-state index is 11.1. The fourth-order valence-corrected chi connectivity index (χ4v) is 4.00. The van der Waals surface area contributed by atoms with Gasteiger partial charge in [-0.2, -0.15) is 0 Å². The van der Waals surface area contributed by atoms with Gasteiger partial charge in [-0.05, 0) is 30.6 Å². The van der Waals surface area contributed by atoms with E-state index in [1.807, 2.05) is 0 Å². The molecule has 2 N–H and O–H groups in total. The van der Waals surface area contributed by atoms with Gasteiger partial charge in [-0.25, -0.2) is 4.79 Å². The van der Waals surface area contributed by atoms with Crippen molar-refractivity contribution in [3.05, 3.63) is 11.6 Å². The molecule has 17 heavy (non-hydrogen) atoms. The van der Waals surface area contributed by atoms with Crippen molar-refractivity contribution in [1.82, 2.24) is 0 Å². The van der Waals surface area contributed by atoms with Crippen LogP contribution in [0.5, 0.6) is 0 Å². The Hall–Kier alpha value is -0.830. The van der Waals surface area contributed by atoms with E-state index in [0.717, 1.165) is 25.7 Å². The minimum atomic E-state index is -0.972. The molecule has 0 aromatic rings. The van der Waals surface area contributed by atoms with Crippen LogP contribution in [0.25, 0.3) is 0 Å². The van der Waals surface area contributed by atoms with Gasteiger partial charge in [-0.15, -0.1) is 0 Å². The van der Waals surface area contributed by atoms with Gasteiger partial charge in [0, 0.05) is 5.41 Å². The molecule has 0 spiro atoms. The second-order valence-electron chi connectivity index (χ2n) is 6.50. The first kappa shape index (κ1) is 12.6. The van der Waals surface area contributed by atoms with Gasteiger partial charge in [0.1, 0.15) is 0 Å². The summed E-state index contributed by atoms with van der Waals surface area (Å²) in [5, 5.41) is 19.5. The number of hydrogen-bond donors (Lipinski definition) is 2. The Morgan fingerprint density at radius 2 is 2.00 bits per heavy atom. The summed E-state index contributed by atoms with van der Waals surface area (Å²) in [5.41, 5.74) is 0.111. The second kappa shape index (κ2) is 3.84. The van der Waals surface area contributed by atoms with Crippen LogP contribution in [0.1, 0.15) is 46.5 Å². The summed E-state index contributed by atoms with van der Waals surface area (Å²) in [5.74, 6) is -0.595. The third-order valence-corrected chi connectivity index (χ3v) is 5.02. The molecule has 2 aliphatic rings. The third-order valence-electron chi connectivity index (χ3n) is 5.02. The van der Waals surface area contributed by atoms with E-state index in [-0.39, 0.29) is 16.4 Å². The Kier molecular flexibility index (Phi) is 2.85. The van der Waals surface area contributed by atoms with Crippen LogP contribution in [0.2, 0.25) is 0 Å². The highest BCUT2D eigenvalue weighted by atomic mass is 16.4. The van der Waals surface area contributed by atoms with E-state index in [0.29, 0.717) is 5.92 Å². The van der Waals surface area contributed by atoms with Crippen molar-refractivity contribution in [3.8, 4) is 0 Å². The number of carboxylic acid groups (broad SMARTS) is 1. The number of rotatable bonds is 1. The molecule has 0 aliphatic heterocycles. The van der Waals surface area contributed by atoms with Crippen LogP contribution in [0.4, 0.5) is 0 Å². The lowest BCUT2D eigenvalue weighted by molar-refractivity contribution is -0.138. The Morgan fingerprint density at radius 1 is 1.35 bits per heavy atom. The molecule has 3 unspecified atom stereocenters. The normalized spacial score (nSPS) is 40.4. The average Bonchev–Trinajstić information content (AvgIpc) is 2.19. The zero-order chi connectivity index (χ0) is 12.8. The number of aliphatic hydroxyl groups is 1. The number of aliphatic hydroxyl groups excluding tert-OH is 1. The molecule has 0 bridgehead atoms. The molecule has 2 aliphatic carbocycles. The van der Waals surface area contributed by atoms with Gasteiger partial charge in [-0.1, -0.05) is 33.3 Å². The summed E-state index contributed by atoms with van der Waals surface area (Å²) in [7, 11) is 0. The number of allylic oxidation sites excluding steroid dienone is 1.